The molecule has 0 fully saturated rings. The van der Waals surface area contributed by atoms with Gasteiger partial charge in [-0.1, -0.05) is 35.9 Å². The molecule has 3 N–H and O–H groups in total. The second-order valence-electron chi connectivity index (χ2n) is 7.78. The van der Waals surface area contributed by atoms with E-state index in [2.05, 4.69) is 11.4 Å². The molecule has 0 unspecified atom stereocenters. The predicted molar refractivity (Wildman–Crippen MR) is 120 cm³/mol. The number of ether oxygens (including phenoxy) is 1. The number of rotatable bonds is 7. The number of carbonyl (C=O) groups is 1. The number of hydrogen-bond acceptors (Lipinski definition) is 4. The Kier molecular flexibility index (Phi) is 6.56. The molecule has 0 bridgehead atoms. The Morgan fingerprint density at radius 2 is 1.87 bits per heavy atom. The minimum absolute atomic E-state index is 0.193. The summed E-state index contributed by atoms with van der Waals surface area (Å²) >= 11 is 6.02. The van der Waals surface area contributed by atoms with Crippen molar-refractivity contribution >= 4 is 17.6 Å². The largest absolute Gasteiger partial charge is 0.478 e. The molecule has 1 aliphatic rings. The number of hydrogen-bond donors (Lipinski definition) is 3. The third kappa shape index (κ3) is 5.44. The summed E-state index contributed by atoms with van der Waals surface area (Å²) in [6.07, 6.45) is 2.17. The molecule has 3 aromatic rings. The minimum Gasteiger partial charge on any atom is -0.478 e. The van der Waals surface area contributed by atoms with Gasteiger partial charge >= 0.3 is 5.97 Å². The first-order valence-electron chi connectivity index (χ1n) is 10.3. The van der Waals surface area contributed by atoms with E-state index in [1.165, 1.54) is 23.3 Å². The van der Waals surface area contributed by atoms with E-state index in [0.29, 0.717) is 23.1 Å². The monoisotopic (exact) mass is 437 g/mol. The number of carboxylic acid groups (broad SMARTS) is 1. The van der Waals surface area contributed by atoms with Gasteiger partial charge in [-0.05, 0) is 78.4 Å². The molecular formula is C25H24ClNO4. The van der Waals surface area contributed by atoms with Crippen LogP contribution in [-0.2, 0) is 12.8 Å². The number of halogens is 1. The quantitative estimate of drug-likeness (QED) is 0.484. The number of aliphatic hydroxyl groups is 1. The third-order valence-electron chi connectivity index (χ3n) is 5.56. The molecule has 4 rings (SSSR count). The van der Waals surface area contributed by atoms with Crippen molar-refractivity contribution < 1.29 is 19.7 Å². The molecule has 3 aromatic carbocycles. The Morgan fingerprint density at radius 1 is 1.06 bits per heavy atom. The number of aliphatic hydroxyl groups excluding tert-OH is 1. The Labute approximate surface area is 186 Å². The number of carboxylic acids is 1. The van der Waals surface area contributed by atoms with Crippen LogP contribution in [0, 0.1) is 0 Å². The third-order valence-corrected chi connectivity index (χ3v) is 5.79. The lowest BCUT2D eigenvalue weighted by molar-refractivity contribution is 0.0696. The van der Waals surface area contributed by atoms with Gasteiger partial charge in [0.25, 0.3) is 0 Å². The Bertz CT molecular complexity index is 1080. The zero-order chi connectivity index (χ0) is 21.8. The summed E-state index contributed by atoms with van der Waals surface area (Å²) in [7, 11) is 0. The number of nitrogens with one attached hydrogen (secondary N) is 1. The van der Waals surface area contributed by atoms with Crippen LogP contribution in [-0.4, -0.2) is 28.8 Å². The molecule has 0 aliphatic heterocycles. The number of fused-ring (bicyclic) bond motifs is 1. The van der Waals surface area contributed by atoms with Gasteiger partial charge in [0.2, 0.25) is 0 Å². The Morgan fingerprint density at radius 3 is 2.68 bits per heavy atom. The van der Waals surface area contributed by atoms with Crippen LogP contribution < -0.4 is 10.1 Å². The van der Waals surface area contributed by atoms with Gasteiger partial charge in [0, 0.05) is 17.6 Å². The summed E-state index contributed by atoms with van der Waals surface area (Å²) in [5, 5.41) is 23.7. The maximum atomic E-state index is 11.2. The van der Waals surface area contributed by atoms with E-state index in [-0.39, 0.29) is 11.6 Å². The van der Waals surface area contributed by atoms with E-state index in [0.717, 1.165) is 24.8 Å². The fourth-order valence-corrected chi connectivity index (χ4v) is 4.11. The summed E-state index contributed by atoms with van der Waals surface area (Å²) in [5.74, 6) is 0.195. The van der Waals surface area contributed by atoms with Gasteiger partial charge in [0.05, 0.1) is 11.7 Å². The van der Waals surface area contributed by atoms with Crippen LogP contribution in [0.5, 0.6) is 11.5 Å². The molecule has 160 valence electrons. The average molecular weight is 438 g/mol. The van der Waals surface area contributed by atoms with E-state index >= 15 is 0 Å². The second kappa shape index (κ2) is 9.52. The van der Waals surface area contributed by atoms with Crippen molar-refractivity contribution in [3.05, 3.63) is 94.0 Å². The van der Waals surface area contributed by atoms with E-state index in [4.69, 9.17) is 21.4 Å². The average Bonchev–Trinajstić information content (AvgIpc) is 2.77. The van der Waals surface area contributed by atoms with Crippen LogP contribution in [0.15, 0.2) is 66.7 Å². The first kappa shape index (κ1) is 21.4. The lowest BCUT2D eigenvalue weighted by Gasteiger charge is -2.27. The number of aromatic carboxylic acids is 1. The van der Waals surface area contributed by atoms with Crippen LogP contribution in [0.3, 0.4) is 0 Å². The molecular weight excluding hydrogens is 414 g/mol. The molecule has 2 atom stereocenters. The highest BCUT2D eigenvalue weighted by atomic mass is 35.5. The van der Waals surface area contributed by atoms with Gasteiger partial charge in [-0.25, -0.2) is 4.79 Å². The molecule has 0 saturated carbocycles. The first-order chi connectivity index (χ1) is 15.0. The van der Waals surface area contributed by atoms with Crippen LogP contribution in [0.2, 0.25) is 5.02 Å². The van der Waals surface area contributed by atoms with Gasteiger partial charge < -0.3 is 20.3 Å². The predicted octanol–water partition coefficient (Wildman–Crippen LogP) is 5.01. The van der Waals surface area contributed by atoms with Crippen LogP contribution in [0.4, 0.5) is 0 Å². The van der Waals surface area contributed by atoms with Gasteiger partial charge in [-0.15, -0.1) is 0 Å². The SMILES string of the molecule is O=C(O)c1cccc(Oc2ccc3c(c2)C[C@@H](NC[C@H](O)c2cccc(Cl)c2)CC3)c1. The topological polar surface area (TPSA) is 78.8 Å². The second-order valence-corrected chi connectivity index (χ2v) is 8.22. The van der Waals surface area contributed by atoms with Crippen LogP contribution in [0.1, 0.15) is 39.6 Å². The van der Waals surface area contributed by atoms with Crippen molar-refractivity contribution in [2.75, 3.05) is 6.54 Å². The molecule has 0 heterocycles. The van der Waals surface area contributed by atoms with Gasteiger partial charge in [-0.2, -0.15) is 0 Å². The Hall–Kier alpha value is -2.86. The van der Waals surface area contributed by atoms with E-state index in [9.17, 15) is 9.90 Å². The first-order valence-corrected chi connectivity index (χ1v) is 10.7. The summed E-state index contributed by atoms with van der Waals surface area (Å²) in [6.45, 7) is 0.457. The molecule has 0 radical (unpaired) electrons. The standard InChI is InChI=1S/C25H24ClNO4/c26-20-5-1-3-17(11-20)24(28)15-27-21-9-7-16-8-10-23(14-19(16)12-21)31-22-6-2-4-18(13-22)25(29)30/h1-6,8,10-11,13-14,21,24,27-28H,7,9,12,15H2,(H,29,30)/t21-,24-/m0/s1. The summed E-state index contributed by atoms with van der Waals surface area (Å²) in [6, 6.07) is 20.0. The molecule has 5 nitrogen and oxygen atoms in total. The van der Waals surface area contributed by atoms with E-state index < -0.39 is 12.1 Å². The highest BCUT2D eigenvalue weighted by Crippen LogP contribution is 2.29. The van der Waals surface area contributed by atoms with Crippen molar-refractivity contribution in [3.63, 3.8) is 0 Å². The van der Waals surface area contributed by atoms with Crippen molar-refractivity contribution in [2.45, 2.75) is 31.4 Å². The minimum atomic E-state index is -0.982. The highest BCUT2D eigenvalue weighted by molar-refractivity contribution is 6.30. The zero-order valence-electron chi connectivity index (χ0n) is 16.9. The van der Waals surface area contributed by atoms with Gasteiger partial charge in [0.15, 0.2) is 0 Å². The highest BCUT2D eigenvalue weighted by Gasteiger charge is 2.20. The van der Waals surface area contributed by atoms with Gasteiger partial charge in [-0.3, -0.25) is 0 Å². The number of benzene rings is 3. The fraction of sp³-hybridized carbons (Fsp3) is 0.240. The van der Waals surface area contributed by atoms with E-state index in [1.807, 2.05) is 24.3 Å². The van der Waals surface area contributed by atoms with Gasteiger partial charge in [0.1, 0.15) is 11.5 Å². The molecule has 0 saturated heterocycles. The van der Waals surface area contributed by atoms with Crippen molar-refractivity contribution in [1.82, 2.24) is 5.32 Å². The Balaban J connectivity index is 1.39. The summed E-state index contributed by atoms with van der Waals surface area (Å²) in [4.78, 5) is 11.2. The van der Waals surface area contributed by atoms with Crippen molar-refractivity contribution in [2.24, 2.45) is 0 Å². The van der Waals surface area contributed by atoms with Crippen LogP contribution in [0.25, 0.3) is 0 Å². The molecule has 31 heavy (non-hydrogen) atoms. The zero-order valence-corrected chi connectivity index (χ0v) is 17.7. The summed E-state index contributed by atoms with van der Waals surface area (Å²) in [5.41, 5.74) is 3.49. The maximum absolute atomic E-state index is 11.2. The molecule has 0 amide bonds. The molecule has 0 aromatic heterocycles. The molecule has 6 heteroatoms. The summed E-state index contributed by atoms with van der Waals surface area (Å²) < 4.78 is 5.90. The van der Waals surface area contributed by atoms with Crippen LogP contribution >= 0.6 is 11.6 Å². The molecule has 0 spiro atoms. The normalized spacial score (nSPS) is 16.4. The lowest BCUT2D eigenvalue weighted by atomic mass is 9.88. The van der Waals surface area contributed by atoms with Crippen molar-refractivity contribution in [3.8, 4) is 11.5 Å². The van der Waals surface area contributed by atoms with E-state index in [1.54, 1.807) is 24.3 Å². The number of aryl methyl sites for hydroxylation is 1. The van der Waals surface area contributed by atoms with Crippen molar-refractivity contribution in [1.29, 1.82) is 0 Å². The lowest BCUT2D eigenvalue weighted by Crippen LogP contribution is -2.37. The fourth-order valence-electron chi connectivity index (χ4n) is 3.91. The smallest absolute Gasteiger partial charge is 0.335 e. The molecule has 1 aliphatic carbocycles. The maximum Gasteiger partial charge on any atom is 0.335 e.